The molecule has 1 aliphatic carbocycles. The second kappa shape index (κ2) is 5.29. The number of hydrogen-bond donors (Lipinski definition) is 2. The minimum atomic E-state index is -0.184. The van der Waals surface area contributed by atoms with Crippen LogP contribution < -0.4 is 10.6 Å². The predicted octanol–water partition coefficient (Wildman–Crippen LogP) is 1.94. The van der Waals surface area contributed by atoms with E-state index in [1.807, 2.05) is 12.1 Å². The molecule has 0 bridgehead atoms. The fraction of sp³-hybridized carbons (Fsp3) is 0.533. The van der Waals surface area contributed by atoms with Crippen LogP contribution in [0.25, 0.3) is 0 Å². The summed E-state index contributed by atoms with van der Waals surface area (Å²) >= 11 is 0. The van der Waals surface area contributed by atoms with Crippen LogP contribution in [-0.2, 0) is 4.79 Å². The van der Waals surface area contributed by atoms with Gasteiger partial charge in [0.05, 0.1) is 6.04 Å². The Bertz CT molecular complexity index is 454. The van der Waals surface area contributed by atoms with Crippen LogP contribution in [0, 0.1) is 5.82 Å². The third-order valence-corrected chi connectivity index (χ3v) is 4.20. The summed E-state index contributed by atoms with van der Waals surface area (Å²) in [4.78, 5) is 11.6. The smallest absolute Gasteiger partial charge is 0.237 e. The van der Waals surface area contributed by atoms with Crippen molar-refractivity contribution in [2.45, 2.75) is 43.7 Å². The monoisotopic (exact) mass is 262 g/mol. The number of rotatable bonds is 3. The van der Waals surface area contributed by atoms with E-state index in [4.69, 9.17) is 0 Å². The molecule has 1 atom stereocenters. The van der Waals surface area contributed by atoms with Gasteiger partial charge in [0.1, 0.15) is 5.82 Å². The molecule has 1 amide bonds. The van der Waals surface area contributed by atoms with Crippen LogP contribution in [0.4, 0.5) is 4.39 Å². The molecule has 1 aromatic carbocycles. The average molecular weight is 262 g/mol. The minimum absolute atomic E-state index is 0.0204. The largest absolute Gasteiger partial charge is 0.355 e. The Labute approximate surface area is 112 Å². The maximum Gasteiger partial charge on any atom is 0.237 e. The number of nitrogens with one attached hydrogen (secondary N) is 2. The van der Waals surface area contributed by atoms with Crippen LogP contribution in [0.1, 0.15) is 37.2 Å². The van der Waals surface area contributed by atoms with E-state index in [9.17, 15) is 9.18 Å². The van der Waals surface area contributed by atoms with Gasteiger partial charge in [0, 0.05) is 12.6 Å². The van der Waals surface area contributed by atoms with Crippen molar-refractivity contribution >= 4 is 5.91 Å². The Hall–Kier alpha value is -1.42. The molecule has 1 unspecified atom stereocenters. The molecule has 2 aliphatic rings. The Balaban J connectivity index is 1.50. The molecule has 1 saturated carbocycles. The molecule has 1 aliphatic heterocycles. The van der Waals surface area contributed by atoms with Crippen molar-refractivity contribution in [2.24, 2.45) is 0 Å². The van der Waals surface area contributed by atoms with Gasteiger partial charge in [-0.2, -0.15) is 0 Å². The van der Waals surface area contributed by atoms with E-state index in [-0.39, 0.29) is 17.8 Å². The van der Waals surface area contributed by atoms with Gasteiger partial charge in [-0.1, -0.05) is 12.1 Å². The zero-order chi connectivity index (χ0) is 13.2. The van der Waals surface area contributed by atoms with Crippen molar-refractivity contribution in [3.05, 3.63) is 35.6 Å². The van der Waals surface area contributed by atoms with Crippen molar-refractivity contribution in [3.63, 3.8) is 0 Å². The van der Waals surface area contributed by atoms with E-state index >= 15 is 0 Å². The first-order valence-electron chi connectivity index (χ1n) is 7.01. The standard InChI is InChI=1S/C15H19FN2O/c16-12-5-3-10(4-6-12)11-8-13(9-11)18-14-2-1-7-17-15(14)19/h3-6,11,13-14,18H,1-2,7-9H2,(H,17,19). The fourth-order valence-corrected chi connectivity index (χ4v) is 2.98. The Morgan fingerprint density at radius 1 is 1.21 bits per heavy atom. The lowest BCUT2D eigenvalue weighted by molar-refractivity contribution is -0.124. The summed E-state index contributed by atoms with van der Waals surface area (Å²) in [6.07, 6.45) is 4.06. The van der Waals surface area contributed by atoms with Crippen molar-refractivity contribution in [2.75, 3.05) is 6.54 Å². The zero-order valence-electron chi connectivity index (χ0n) is 10.9. The van der Waals surface area contributed by atoms with Crippen LogP contribution in [-0.4, -0.2) is 24.5 Å². The van der Waals surface area contributed by atoms with E-state index in [2.05, 4.69) is 10.6 Å². The van der Waals surface area contributed by atoms with E-state index < -0.39 is 0 Å². The molecular formula is C15H19FN2O. The first-order chi connectivity index (χ1) is 9.22. The molecule has 1 heterocycles. The molecule has 102 valence electrons. The summed E-state index contributed by atoms with van der Waals surface area (Å²) in [6, 6.07) is 7.17. The van der Waals surface area contributed by atoms with Gasteiger partial charge in [0.2, 0.25) is 5.91 Å². The number of piperidine rings is 1. The maximum atomic E-state index is 12.8. The molecule has 2 fully saturated rings. The molecule has 1 aromatic rings. The summed E-state index contributed by atoms with van der Waals surface area (Å²) in [6.45, 7) is 0.805. The van der Waals surface area contributed by atoms with Crippen molar-refractivity contribution in [1.29, 1.82) is 0 Å². The van der Waals surface area contributed by atoms with Gasteiger partial charge >= 0.3 is 0 Å². The van der Waals surface area contributed by atoms with Gasteiger partial charge in [-0.3, -0.25) is 4.79 Å². The molecule has 19 heavy (non-hydrogen) atoms. The van der Waals surface area contributed by atoms with E-state index in [0.717, 1.165) is 32.2 Å². The summed E-state index contributed by atoms with van der Waals surface area (Å²) < 4.78 is 12.8. The lowest BCUT2D eigenvalue weighted by Gasteiger charge is -2.39. The first-order valence-corrected chi connectivity index (χ1v) is 7.01. The number of carbonyl (C=O) groups is 1. The Morgan fingerprint density at radius 2 is 1.95 bits per heavy atom. The molecule has 0 radical (unpaired) electrons. The molecular weight excluding hydrogens is 243 g/mol. The van der Waals surface area contributed by atoms with Gasteiger partial charge in [0.25, 0.3) is 0 Å². The van der Waals surface area contributed by atoms with Gasteiger partial charge in [-0.25, -0.2) is 4.39 Å². The zero-order valence-corrected chi connectivity index (χ0v) is 10.9. The molecule has 1 saturated heterocycles. The fourth-order valence-electron chi connectivity index (χ4n) is 2.98. The van der Waals surface area contributed by atoms with Crippen LogP contribution in [0.15, 0.2) is 24.3 Å². The van der Waals surface area contributed by atoms with Crippen molar-refractivity contribution in [3.8, 4) is 0 Å². The SMILES string of the molecule is O=C1NCCCC1NC1CC(c2ccc(F)cc2)C1. The molecule has 4 heteroatoms. The summed E-state index contributed by atoms with van der Waals surface area (Å²) in [7, 11) is 0. The number of amides is 1. The first kappa shape index (κ1) is 12.6. The van der Waals surface area contributed by atoms with E-state index in [0.29, 0.717) is 12.0 Å². The molecule has 3 nitrogen and oxygen atoms in total. The second-order valence-corrected chi connectivity index (χ2v) is 5.57. The van der Waals surface area contributed by atoms with Gasteiger partial charge in [0.15, 0.2) is 0 Å². The lowest BCUT2D eigenvalue weighted by atomic mass is 9.75. The van der Waals surface area contributed by atoms with Crippen molar-refractivity contribution in [1.82, 2.24) is 10.6 Å². The van der Waals surface area contributed by atoms with E-state index in [1.54, 1.807) is 0 Å². The van der Waals surface area contributed by atoms with Crippen LogP contribution >= 0.6 is 0 Å². The predicted molar refractivity (Wildman–Crippen MR) is 71.3 cm³/mol. The highest BCUT2D eigenvalue weighted by Gasteiger charge is 2.33. The van der Waals surface area contributed by atoms with Crippen molar-refractivity contribution < 1.29 is 9.18 Å². The molecule has 2 N–H and O–H groups in total. The molecule has 3 rings (SSSR count). The lowest BCUT2D eigenvalue weighted by Crippen LogP contribution is -2.54. The van der Waals surface area contributed by atoms with Crippen LogP contribution in [0.2, 0.25) is 0 Å². The highest BCUT2D eigenvalue weighted by atomic mass is 19.1. The third kappa shape index (κ3) is 2.78. The number of carbonyl (C=O) groups excluding carboxylic acids is 1. The molecule has 0 spiro atoms. The summed E-state index contributed by atoms with van der Waals surface area (Å²) in [5.74, 6) is 0.456. The Morgan fingerprint density at radius 3 is 2.63 bits per heavy atom. The minimum Gasteiger partial charge on any atom is -0.355 e. The highest BCUT2D eigenvalue weighted by molar-refractivity contribution is 5.82. The average Bonchev–Trinajstić information content (AvgIpc) is 2.37. The quantitative estimate of drug-likeness (QED) is 0.874. The maximum absolute atomic E-state index is 12.8. The summed E-state index contributed by atoms with van der Waals surface area (Å²) in [5.41, 5.74) is 1.20. The van der Waals surface area contributed by atoms with Gasteiger partial charge < -0.3 is 10.6 Å². The number of halogens is 1. The molecule has 0 aromatic heterocycles. The normalized spacial score (nSPS) is 30.6. The second-order valence-electron chi connectivity index (χ2n) is 5.57. The van der Waals surface area contributed by atoms with Crippen LogP contribution in [0.3, 0.4) is 0 Å². The third-order valence-electron chi connectivity index (χ3n) is 4.20. The Kier molecular flexibility index (Phi) is 3.51. The van der Waals surface area contributed by atoms with Crippen LogP contribution in [0.5, 0.6) is 0 Å². The van der Waals surface area contributed by atoms with E-state index in [1.165, 1.54) is 17.7 Å². The van der Waals surface area contributed by atoms with Gasteiger partial charge in [-0.15, -0.1) is 0 Å². The van der Waals surface area contributed by atoms with Gasteiger partial charge in [-0.05, 0) is 49.3 Å². The number of hydrogen-bond acceptors (Lipinski definition) is 2. The highest BCUT2D eigenvalue weighted by Crippen LogP contribution is 2.37. The number of benzene rings is 1. The topological polar surface area (TPSA) is 41.1 Å². The summed E-state index contributed by atoms with van der Waals surface area (Å²) in [5, 5.41) is 6.32.